The van der Waals surface area contributed by atoms with Crippen molar-refractivity contribution in [3.63, 3.8) is 0 Å². The smallest absolute Gasteiger partial charge is 0.263 e. The Morgan fingerprint density at radius 2 is 1.72 bits per heavy atom. The zero-order valence-electron chi connectivity index (χ0n) is 14.2. The molecular formula is C18H18N2O3S2. The minimum absolute atomic E-state index is 0.137. The van der Waals surface area contributed by atoms with E-state index in [-0.39, 0.29) is 4.90 Å². The summed E-state index contributed by atoms with van der Waals surface area (Å²) in [6, 6.07) is 12.4. The van der Waals surface area contributed by atoms with E-state index in [1.807, 2.05) is 39.1 Å². The number of thiazole rings is 1. The van der Waals surface area contributed by atoms with E-state index >= 15 is 0 Å². The molecular weight excluding hydrogens is 356 g/mol. The van der Waals surface area contributed by atoms with Crippen LogP contribution in [0.25, 0.3) is 10.2 Å². The van der Waals surface area contributed by atoms with Crippen LogP contribution in [0, 0.1) is 13.8 Å². The SMILES string of the molecule is Cc1ccc(S(=O)(=O)CC(=O)N=c2sc3cc(C)ccc3n2C)cc1. The van der Waals surface area contributed by atoms with Gasteiger partial charge in [0.05, 0.1) is 15.1 Å². The van der Waals surface area contributed by atoms with Crippen molar-refractivity contribution in [1.29, 1.82) is 0 Å². The number of aryl methyl sites for hydroxylation is 3. The molecule has 0 aliphatic carbocycles. The highest BCUT2D eigenvalue weighted by molar-refractivity contribution is 7.92. The summed E-state index contributed by atoms with van der Waals surface area (Å²) in [5, 5.41) is 0. The Morgan fingerprint density at radius 3 is 2.40 bits per heavy atom. The van der Waals surface area contributed by atoms with Crippen LogP contribution in [-0.2, 0) is 21.7 Å². The van der Waals surface area contributed by atoms with Crippen molar-refractivity contribution in [3.8, 4) is 0 Å². The van der Waals surface area contributed by atoms with Gasteiger partial charge in [-0.3, -0.25) is 4.79 Å². The topological polar surface area (TPSA) is 68.5 Å². The third-order valence-electron chi connectivity index (χ3n) is 3.88. The molecule has 0 aliphatic rings. The Labute approximate surface area is 150 Å². The molecule has 7 heteroatoms. The maximum Gasteiger partial charge on any atom is 0.263 e. The summed E-state index contributed by atoms with van der Waals surface area (Å²) in [6.45, 7) is 3.87. The second kappa shape index (κ2) is 6.57. The quantitative estimate of drug-likeness (QED) is 0.708. The molecule has 130 valence electrons. The Hall–Kier alpha value is -2.25. The van der Waals surface area contributed by atoms with Gasteiger partial charge in [0.25, 0.3) is 5.91 Å². The van der Waals surface area contributed by atoms with Crippen molar-refractivity contribution in [2.75, 3.05) is 5.75 Å². The molecule has 3 aromatic rings. The molecule has 0 atom stereocenters. The minimum atomic E-state index is -3.69. The first-order chi connectivity index (χ1) is 11.8. The predicted molar refractivity (Wildman–Crippen MR) is 99.3 cm³/mol. The molecule has 2 aromatic carbocycles. The van der Waals surface area contributed by atoms with Crippen molar-refractivity contribution in [2.24, 2.45) is 12.0 Å². The fourth-order valence-corrected chi connectivity index (χ4v) is 4.72. The van der Waals surface area contributed by atoms with Crippen LogP contribution in [0.5, 0.6) is 0 Å². The normalized spacial score (nSPS) is 12.7. The van der Waals surface area contributed by atoms with Crippen molar-refractivity contribution in [2.45, 2.75) is 18.7 Å². The number of sulfone groups is 1. The van der Waals surface area contributed by atoms with Crippen LogP contribution < -0.4 is 4.80 Å². The monoisotopic (exact) mass is 374 g/mol. The molecule has 0 saturated heterocycles. The summed E-state index contributed by atoms with van der Waals surface area (Å²) in [4.78, 5) is 16.9. The number of carbonyl (C=O) groups excluding carboxylic acids is 1. The largest absolute Gasteiger partial charge is 0.319 e. The second-order valence-corrected chi connectivity index (χ2v) is 8.99. The molecule has 0 aliphatic heterocycles. The maximum absolute atomic E-state index is 12.4. The summed E-state index contributed by atoms with van der Waals surface area (Å²) in [7, 11) is -1.88. The number of benzene rings is 2. The molecule has 1 amide bonds. The van der Waals surface area contributed by atoms with E-state index in [4.69, 9.17) is 0 Å². The maximum atomic E-state index is 12.4. The molecule has 25 heavy (non-hydrogen) atoms. The van der Waals surface area contributed by atoms with Gasteiger partial charge >= 0.3 is 0 Å². The second-order valence-electron chi connectivity index (χ2n) is 5.99. The number of hydrogen-bond donors (Lipinski definition) is 0. The lowest BCUT2D eigenvalue weighted by Crippen LogP contribution is -2.19. The molecule has 0 saturated carbocycles. The van der Waals surface area contributed by atoms with Gasteiger partial charge in [0, 0.05) is 7.05 Å². The van der Waals surface area contributed by atoms with Crippen molar-refractivity contribution in [3.05, 3.63) is 58.4 Å². The van der Waals surface area contributed by atoms with E-state index in [1.165, 1.54) is 23.5 Å². The van der Waals surface area contributed by atoms with E-state index in [1.54, 1.807) is 16.7 Å². The fraction of sp³-hybridized carbons (Fsp3) is 0.222. The van der Waals surface area contributed by atoms with Gasteiger partial charge in [-0.1, -0.05) is 35.1 Å². The highest BCUT2D eigenvalue weighted by atomic mass is 32.2. The first-order valence-corrected chi connectivity index (χ1v) is 10.2. The lowest BCUT2D eigenvalue weighted by atomic mass is 10.2. The Morgan fingerprint density at radius 1 is 1.08 bits per heavy atom. The fourth-order valence-electron chi connectivity index (χ4n) is 2.48. The van der Waals surface area contributed by atoms with Crippen LogP contribution in [-0.4, -0.2) is 24.6 Å². The average molecular weight is 374 g/mol. The first-order valence-electron chi connectivity index (χ1n) is 7.69. The van der Waals surface area contributed by atoms with Gasteiger partial charge in [-0.05, 0) is 43.7 Å². The van der Waals surface area contributed by atoms with E-state index in [9.17, 15) is 13.2 Å². The molecule has 1 aromatic heterocycles. The van der Waals surface area contributed by atoms with Gasteiger partial charge < -0.3 is 4.57 Å². The highest BCUT2D eigenvalue weighted by Crippen LogP contribution is 2.18. The molecule has 3 rings (SSSR count). The summed E-state index contributed by atoms with van der Waals surface area (Å²) in [5.41, 5.74) is 3.04. The van der Waals surface area contributed by atoms with Gasteiger partial charge in [0.1, 0.15) is 5.75 Å². The van der Waals surface area contributed by atoms with Crippen LogP contribution in [0.1, 0.15) is 11.1 Å². The Balaban J connectivity index is 1.93. The number of aromatic nitrogens is 1. The van der Waals surface area contributed by atoms with Gasteiger partial charge in [-0.2, -0.15) is 4.99 Å². The lowest BCUT2D eigenvalue weighted by molar-refractivity contribution is -0.115. The van der Waals surface area contributed by atoms with Gasteiger partial charge in [0.2, 0.25) is 0 Å². The first kappa shape index (κ1) is 17.6. The predicted octanol–water partition coefficient (Wildman–Crippen LogP) is 2.76. The molecule has 1 heterocycles. The number of rotatable bonds is 3. The standard InChI is InChI=1S/C18H18N2O3S2/c1-12-4-7-14(8-5-12)25(22,23)11-17(21)19-18-20(3)15-9-6-13(2)10-16(15)24-18/h4-10H,11H2,1-3H3. The molecule has 0 bridgehead atoms. The molecule has 0 fully saturated rings. The third-order valence-corrected chi connectivity index (χ3v) is 6.59. The zero-order chi connectivity index (χ0) is 18.2. The average Bonchev–Trinajstić information content (AvgIpc) is 2.82. The number of hydrogen-bond acceptors (Lipinski definition) is 4. The van der Waals surface area contributed by atoms with E-state index < -0.39 is 21.5 Å². The van der Waals surface area contributed by atoms with Gasteiger partial charge in [-0.25, -0.2) is 8.42 Å². The number of amides is 1. The third kappa shape index (κ3) is 3.72. The summed E-state index contributed by atoms with van der Waals surface area (Å²) in [6.07, 6.45) is 0. The minimum Gasteiger partial charge on any atom is -0.319 e. The van der Waals surface area contributed by atoms with E-state index in [0.717, 1.165) is 21.3 Å². The van der Waals surface area contributed by atoms with Crippen LogP contribution in [0.2, 0.25) is 0 Å². The highest BCUT2D eigenvalue weighted by Gasteiger charge is 2.19. The van der Waals surface area contributed by atoms with Crippen LogP contribution >= 0.6 is 11.3 Å². The number of carbonyl (C=O) groups is 1. The molecule has 0 spiro atoms. The lowest BCUT2D eigenvalue weighted by Gasteiger charge is -2.02. The number of nitrogens with zero attached hydrogens (tertiary/aromatic N) is 2. The molecule has 5 nitrogen and oxygen atoms in total. The molecule has 0 unspecified atom stereocenters. The molecule has 0 radical (unpaired) electrons. The van der Waals surface area contributed by atoms with Crippen LogP contribution in [0.3, 0.4) is 0 Å². The summed E-state index contributed by atoms with van der Waals surface area (Å²) >= 11 is 1.37. The van der Waals surface area contributed by atoms with Gasteiger partial charge in [-0.15, -0.1) is 0 Å². The van der Waals surface area contributed by atoms with E-state index in [2.05, 4.69) is 4.99 Å². The number of fused-ring (bicyclic) bond motifs is 1. The van der Waals surface area contributed by atoms with Crippen molar-refractivity contribution >= 4 is 37.3 Å². The van der Waals surface area contributed by atoms with Gasteiger partial charge in [0.15, 0.2) is 14.6 Å². The Bertz CT molecular complexity index is 1120. The summed E-state index contributed by atoms with van der Waals surface area (Å²) < 4.78 is 27.5. The van der Waals surface area contributed by atoms with Crippen molar-refractivity contribution in [1.82, 2.24) is 4.57 Å². The molecule has 0 N–H and O–H groups in total. The van der Waals surface area contributed by atoms with Crippen molar-refractivity contribution < 1.29 is 13.2 Å². The van der Waals surface area contributed by atoms with E-state index in [0.29, 0.717) is 4.80 Å². The summed E-state index contributed by atoms with van der Waals surface area (Å²) in [5.74, 6) is -1.30. The van der Waals surface area contributed by atoms with Crippen LogP contribution in [0.4, 0.5) is 0 Å². The Kier molecular flexibility index (Phi) is 4.62. The zero-order valence-corrected chi connectivity index (χ0v) is 15.8. The van der Waals surface area contributed by atoms with Crippen LogP contribution in [0.15, 0.2) is 52.4 Å².